The molecule has 0 atom stereocenters. The molecule has 1 rings (SSSR count). The van der Waals surface area contributed by atoms with Crippen LogP contribution in [0, 0.1) is 0 Å². The lowest BCUT2D eigenvalue weighted by Crippen LogP contribution is -2.01. The van der Waals surface area contributed by atoms with Crippen LogP contribution in [0.1, 0.15) is 29.9 Å². The zero-order valence-corrected chi connectivity index (χ0v) is 6.66. The lowest BCUT2D eigenvalue weighted by molar-refractivity contribution is 0.101. The summed E-state index contributed by atoms with van der Waals surface area (Å²) in [5.41, 5.74) is 1.46. The fourth-order valence-corrected chi connectivity index (χ4v) is 0.931. The highest BCUT2D eigenvalue weighted by molar-refractivity contribution is 5.94. The van der Waals surface area contributed by atoms with Crippen molar-refractivity contribution >= 4 is 5.78 Å². The molecule has 0 aliphatic rings. The molecule has 0 aliphatic carbocycles. The minimum absolute atomic E-state index is 0.0300. The van der Waals surface area contributed by atoms with Crippen molar-refractivity contribution in [1.82, 2.24) is 9.97 Å². The van der Waals surface area contributed by atoms with Gasteiger partial charge in [-0.3, -0.25) is 4.79 Å². The predicted octanol–water partition coefficient (Wildman–Crippen LogP) is 1.24. The number of ketones is 1. The lowest BCUT2D eigenvalue weighted by atomic mass is 10.1. The van der Waals surface area contributed by atoms with E-state index < -0.39 is 0 Å². The SMILES string of the molecule is CCc1ncncc1C(C)=O. The van der Waals surface area contributed by atoms with Crippen LogP contribution in [0.15, 0.2) is 12.5 Å². The second-order valence-electron chi connectivity index (χ2n) is 2.29. The molecule has 11 heavy (non-hydrogen) atoms. The maximum absolute atomic E-state index is 10.9. The second kappa shape index (κ2) is 3.23. The molecule has 3 nitrogen and oxygen atoms in total. The van der Waals surface area contributed by atoms with Crippen LogP contribution in [0.3, 0.4) is 0 Å². The van der Waals surface area contributed by atoms with Gasteiger partial charge in [0.25, 0.3) is 0 Å². The monoisotopic (exact) mass is 150 g/mol. The molecule has 0 aromatic carbocycles. The van der Waals surface area contributed by atoms with Gasteiger partial charge in [0.15, 0.2) is 5.78 Å². The van der Waals surface area contributed by atoms with Crippen molar-refractivity contribution in [2.45, 2.75) is 20.3 Å². The fraction of sp³-hybridized carbons (Fsp3) is 0.375. The molecular formula is C8H10N2O. The van der Waals surface area contributed by atoms with Gasteiger partial charge in [-0.2, -0.15) is 0 Å². The number of rotatable bonds is 2. The van der Waals surface area contributed by atoms with Gasteiger partial charge in [0.2, 0.25) is 0 Å². The maximum Gasteiger partial charge on any atom is 0.163 e. The van der Waals surface area contributed by atoms with Crippen molar-refractivity contribution in [2.75, 3.05) is 0 Å². The van der Waals surface area contributed by atoms with Crippen molar-refractivity contribution in [3.05, 3.63) is 23.8 Å². The first-order valence-electron chi connectivity index (χ1n) is 3.55. The lowest BCUT2D eigenvalue weighted by Gasteiger charge is -1.99. The Balaban J connectivity index is 3.12. The normalized spacial score (nSPS) is 9.64. The average molecular weight is 150 g/mol. The van der Waals surface area contributed by atoms with E-state index in [0.717, 1.165) is 12.1 Å². The molecule has 1 heterocycles. The smallest absolute Gasteiger partial charge is 0.163 e. The zero-order chi connectivity index (χ0) is 8.27. The Morgan fingerprint density at radius 1 is 1.64 bits per heavy atom. The molecule has 1 aromatic heterocycles. The van der Waals surface area contributed by atoms with Gasteiger partial charge in [-0.1, -0.05) is 6.92 Å². The molecule has 0 unspecified atom stereocenters. The molecule has 0 radical (unpaired) electrons. The van der Waals surface area contributed by atoms with E-state index in [9.17, 15) is 4.79 Å². The number of carbonyl (C=O) groups excluding carboxylic acids is 1. The number of aryl methyl sites for hydroxylation is 1. The number of Topliss-reactive ketones (excluding diaryl/α,β-unsaturated/α-hetero) is 1. The van der Waals surface area contributed by atoms with Crippen LogP contribution < -0.4 is 0 Å². The third-order valence-electron chi connectivity index (χ3n) is 1.51. The second-order valence-corrected chi connectivity index (χ2v) is 2.29. The largest absolute Gasteiger partial charge is 0.294 e. The number of aromatic nitrogens is 2. The molecule has 0 saturated carbocycles. The Hall–Kier alpha value is -1.25. The number of hydrogen-bond acceptors (Lipinski definition) is 3. The molecule has 1 aromatic rings. The topological polar surface area (TPSA) is 42.9 Å². The Bertz CT molecular complexity index is 271. The van der Waals surface area contributed by atoms with Gasteiger partial charge in [0.05, 0.1) is 11.3 Å². The Morgan fingerprint density at radius 3 is 2.82 bits per heavy atom. The third-order valence-corrected chi connectivity index (χ3v) is 1.51. The predicted molar refractivity (Wildman–Crippen MR) is 41.4 cm³/mol. The van der Waals surface area contributed by atoms with E-state index in [1.807, 2.05) is 6.92 Å². The molecule has 0 amide bonds. The zero-order valence-electron chi connectivity index (χ0n) is 6.66. The molecule has 0 N–H and O–H groups in total. The number of nitrogens with zero attached hydrogens (tertiary/aromatic N) is 2. The highest BCUT2D eigenvalue weighted by atomic mass is 16.1. The highest BCUT2D eigenvalue weighted by Crippen LogP contribution is 2.04. The van der Waals surface area contributed by atoms with Crippen LogP contribution in [0.4, 0.5) is 0 Å². The van der Waals surface area contributed by atoms with Crippen LogP contribution in [-0.4, -0.2) is 15.8 Å². The van der Waals surface area contributed by atoms with Gasteiger partial charge in [0.1, 0.15) is 6.33 Å². The van der Waals surface area contributed by atoms with Gasteiger partial charge < -0.3 is 0 Å². The van der Waals surface area contributed by atoms with E-state index in [1.165, 1.54) is 13.3 Å². The molecule has 0 bridgehead atoms. The maximum atomic E-state index is 10.9. The molecule has 0 aliphatic heterocycles. The van der Waals surface area contributed by atoms with Crippen LogP contribution in [0.5, 0.6) is 0 Å². The minimum atomic E-state index is 0.0300. The van der Waals surface area contributed by atoms with Crippen molar-refractivity contribution in [3.8, 4) is 0 Å². The summed E-state index contributed by atoms with van der Waals surface area (Å²) in [5.74, 6) is 0.0300. The van der Waals surface area contributed by atoms with Crippen molar-refractivity contribution in [1.29, 1.82) is 0 Å². The Morgan fingerprint density at radius 2 is 2.36 bits per heavy atom. The Labute approximate surface area is 65.5 Å². The summed E-state index contributed by atoms with van der Waals surface area (Å²) < 4.78 is 0. The summed E-state index contributed by atoms with van der Waals surface area (Å²) >= 11 is 0. The van der Waals surface area contributed by atoms with E-state index in [4.69, 9.17) is 0 Å². The van der Waals surface area contributed by atoms with Crippen LogP contribution >= 0.6 is 0 Å². The molecule has 3 heteroatoms. The number of hydrogen-bond donors (Lipinski definition) is 0. The van der Waals surface area contributed by atoms with Crippen LogP contribution in [0.25, 0.3) is 0 Å². The van der Waals surface area contributed by atoms with Gasteiger partial charge in [-0.25, -0.2) is 9.97 Å². The summed E-state index contributed by atoms with van der Waals surface area (Å²) in [4.78, 5) is 18.7. The minimum Gasteiger partial charge on any atom is -0.294 e. The fourth-order valence-electron chi connectivity index (χ4n) is 0.931. The van der Waals surface area contributed by atoms with Gasteiger partial charge >= 0.3 is 0 Å². The van der Waals surface area contributed by atoms with Crippen LogP contribution in [-0.2, 0) is 6.42 Å². The molecule has 0 fully saturated rings. The molecule has 0 saturated heterocycles. The van der Waals surface area contributed by atoms with Gasteiger partial charge in [0, 0.05) is 6.20 Å². The van der Waals surface area contributed by atoms with Crippen molar-refractivity contribution in [3.63, 3.8) is 0 Å². The van der Waals surface area contributed by atoms with Gasteiger partial charge in [-0.15, -0.1) is 0 Å². The quantitative estimate of drug-likeness (QED) is 0.596. The van der Waals surface area contributed by atoms with E-state index in [0.29, 0.717) is 5.56 Å². The summed E-state index contributed by atoms with van der Waals surface area (Å²) in [7, 11) is 0. The first-order chi connectivity index (χ1) is 5.25. The average Bonchev–Trinajstić information content (AvgIpc) is 2.04. The highest BCUT2D eigenvalue weighted by Gasteiger charge is 2.05. The van der Waals surface area contributed by atoms with E-state index in [-0.39, 0.29) is 5.78 Å². The molecule has 58 valence electrons. The van der Waals surface area contributed by atoms with E-state index in [1.54, 1.807) is 6.20 Å². The first-order valence-corrected chi connectivity index (χ1v) is 3.55. The third kappa shape index (κ3) is 1.61. The standard InChI is InChI=1S/C8H10N2O/c1-3-8-7(6(2)11)4-9-5-10-8/h4-5H,3H2,1-2H3. The summed E-state index contributed by atoms with van der Waals surface area (Å²) in [5, 5.41) is 0. The molecular weight excluding hydrogens is 140 g/mol. The summed E-state index contributed by atoms with van der Waals surface area (Å²) in [6.45, 7) is 3.49. The number of carbonyl (C=O) groups is 1. The Kier molecular flexibility index (Phi) is 2.31. The van der Waals surface area contributed by atoms with E-state index in [2.05, 4.69) is 9.97 Å². The molecule has 0 spiro atoms. The summed E-state index contributed by atoms with van der Waals surface area (Å²) in [6, 6.07) is 0. The summed E-state index contributed by atoms with van der Waals surface area (Å²) in [6.07, 6.45) is 3.80. The first kappa shape index (κ1) is 7.85. The van der Waals surface area contributed by atoms with E-state index >= 15 is 0 Å². The van der Waals surface area contributed by atoms with Gasteiger partial charge in [-0.05, 0) is 13.3 Å². The van der Waals surface area contributed by atoms with Crippen molar-refractivity contribution in [2.24, 2.45) is 0 Å². The van der Waals surface area contributed by atoms with Crippen molar-refractivity contribution < 1.29 is 4.79 Å². The van der Waals surface area contributed by atoms with Crippen LogP contribution in [0.2, 0.25) is 0 Å².